The highest BCUT2D eigenvalue weighted by Gasteiger charge is 2.23. The zero-order valence-electron chi connectivity index (χ0n) is 13.0. The lowest BCUT2D eigenvalue weighted by molar-refractivity contribution is -0.156. The topological polar surface area (TPSA) is 78.6 Å². The molecule has 0 saturated heterocycles. The van der Waals surface area contributed by atoms with E-state index in [1.807, 2.05) is 12.1 Å². The molecule has 0 heterocycles. The fourth-order valence-electron chi connectivity index (χ4n) is 1.74. The van der Waals surface area contributed by atoms with Gasteiger partial charge in [-0.3, -0.25) is 4.79 Å². The molecular formula is C16H23NO4. The number of nitrogens with two attached hydrogens (primary N) is 1. The molecule has 0 fully saturated rings. The molecule has 0 bridgehead atoms. The van der Waals surface area contributed by atoms with Crippen LogP contribution in [0.4, 0.5) is 0 Å². The van der Waals surface area contributed by atoms with E-state index in [0.29, 0.717) is 18.4 Å². The lowest BCUT2D eigenvalue weighted by Gasteiger charge is -2.22. The molecule has 1 atom stereocenters. The molecule has 5 heteroatoms. The predicted molar refractivity (Wildman–Crippen MR) is 79.6 cm³/mol. The second-order valence-corrected chi connectivity index (χ2v) is 5.83. The average molecular weight is 293 g/mol. The molecule has 116 valence electrons. The summed E-state index contributed by atoms with van der Waals surface area (Å²) in [5.41, 5.74) is 7.00. The fourth-order valence-corrected chi connectivity index (χ4v) is 1.74. The summed E-state index contributed by atoms with van der Waals surface area (Å²) < 4.78 is 9.84. The zero-order valence-corrected chi connectivity index (χ0v) is 13.0. The van der Waals surface area contributed by atoms with Crippen molar-refractivity contribution in [3.8, 4) is 0 Å². The standard InChI is InChI=1S/C16H23NO4/c1-16(2,3)21-15(19)14(17)12-8-5-11(6-9-12)7-10-13(18)20-4/h5-6,8-9,14H,7,10,17H2,1-4H3/t14-/m1/s1. The van der Waals surface area contributed by atoms with E-state index in [1.165, 1.54) is 7.11 Å². The smallest absolute Gasteiger partial charge is 0.328 e. The quantitative estimate of drug-likeness (QED) is 0.841. The molecule has 2 N–H and O–H groups in total. The van der Waals surface area contributed by atoms with Crippen LogP contribution in [0.25, 0.3) is 0 Å². The molecule has 0 spiro atoms. The van der Waals surface area contributed by atoms with Crippen molar-refractivity contribution < 1.29 is 19.1 Å². The minimum Gasteiger partial charge on any atom is -0.469 e. The van der Waals surface area contributed by atoms with Crippen LogP contribution in [0, 0.1) is 0 Å². The average Bonchev–Trinajstić information content (AvgIpc) is 2.42. The maximum atomic E-state index is 11.9. The fraction of sp³-hybridized carbons (Fsp3) is 0.500. The van der Waals surface area contributed by atoms with Gasteiger partial charge in [0.05, 0.1) is 7.11 Å². The molecule has 1 rings (SSSR count). The Morgan fingerprint density at radius 3 is 2.24 bits per heavy atom. The van der Waals surface area contributed by atoms with Crippen molar-refractivity contribution in [2.24, 2.45) is 5.73 Å². The lowest BCUT2D eigenvalue weighted by atomic mass is 10.0. The first kappa shape index (κ1) is 17.2. The van der Waals surface area contributed by atoms with E-state index < -0.39 is 17.6 Å². The SMILES string of the molecule is COC(=O)CCc1ccc([C@@H](N)C(=O)OC(C)(C)C)cc1. The normalized spacial score (nSPS) is 12.6. The summed E-state index contributed by atoms with van der Waals surface area (Å²) in [6, 6.07) is 6.45. The summed E-state index contributed by atoms with van der Waals surface area (Å²) in [5, 5.41) is 0. The maximum absolute atomic E-state index is 11.9. The lowest BCUT2D eigenvalue weighted by Crippen LogP contribution is -2.31. The van der Waals surface area contributed by atoms with E-state index in [4.69, 9.17) is 10.5 Å². The van der Waals surface area contributed by atoms with Crippen molar-refractivity contribution in [1.82, 2.24) is 0 Å². The van der Waals surface area contributed by atoms with E-state index >= 15 is 0 Å². The summed E-state index contributed by atoms with van der Waals surface area (Å²) in [6.45, 7) is 5.40. The highest BCUT2D eigenvalue weighted by Crippen LogP contribution is 2.17. The van der Waals surface area contributed by atoms with E-state index in [0.717, 1.165) is 5.56 Å². The third-order valence-electron chi connectivity index (χ3n) is 2.85. The Labute approximate surface area is 125 Å². The molecule has 5 nitrogen and oxygen atoms in total. The van der Waals surface area contributed by atoms with Gasteiger partial charge in [0.25, 0.3) is 0 Å². The number of carbonyl (C=O) groups excluding carboxylic acids is 2. The van der Waals surface area contributed by atoms with Crippen molar-refractivity contribution in [3.63, 3.8) is 0 Å². The number of aryl methyl sites for hydroxylation is 1. The van der Waals surface area contributed by atoms with Crippen molar-refractivity contribution in [1.29, 1.82) is 0 Å². The molecule has 0 aliphatic carbocycles. The molecule has 1 aromatic rings. The number of carbonyl (C=O) groups is 2. The third kappa shape index (κ3) is 5.95. The molecule has 0 unspecified atom stereocenters. The minimum atomic E-state index is -0.807. The molecule has 0 aliphatic heterocycles. The number of benzene rings is 1. The molecule has 0 radical (unpaired) electrons. The zero-order chi connectivity index (χ0) is 16.0. The third-order valence-corrected chi connectivity index (χ3v) is 2.85. The van der Waals surface area contributed by atoms with Crippen LogP contribution in [0.2, 0.25) is 0 Å². The van der Waals surface area contributed by atoms with Crippen LogP contribution < -0.4 is 5.73 Å². The van der Waals surface area contributed by atoms with Crippen LogP contribution in [-0.2, 0) is 25.5 Å². The molecule has 21 heavy (non-hydrogen) atoms. The Morgan fingerprint density at radius 1 is 1.19 bits per heavy atom. The van der Waals surface area contributed by atoms with E-state index in [9.17, 15) is 9.59 Å². The first-order valence-electron chi connectivity index (χ1n) is 6.87. The summed E-state index contributed by atoms with van der Waals surface area (Å²) in [4.78, 5) is 23.0. The number of hydrogen-bond acceptors (Lipinski definition) is 5. The van der Waals surface area contributed by atoms with E-state index in [2.05, 4.69) is 4.74 Å². The highest BCUT2D eigenvalue weighted by atomic mass is 16.6. The van der Waals surface area contributed by atoms with Gasteiger partial charge in [0.1, 0.15) is 11.6 Å². The van der Waals surface area contributed by atoms with Crippen LogP contribution in [0.5, 0.6) is 0 Å². The number of esters is 2. The minimum absolute atomic E-state index is 0.246. The first-order chi connectivity index (χ1) is 9.73. The van der Waals surface area contributed by atoms with Crippen LogP contribution >= 0.6 is 0 Å². The van der Waals surface area contributed by atoms with Gasteiger partial charge in [-0.1, -0.05) is 24.3 Å². The second kappa shape index (κ2) is 7.22. The Morgan fingerprint density at radius 2 is 1.76 bits per heavy atom. The van der Waals surface area contributed by atoms with Crippen molar-refractivity contribution in [2.45, 2.75) is 45.3 Å². The Kier molecular flexibility index (Phi) is 5.90. The van der Waals surface area contributed by atoms with E-state index in [1.54, 1.807) is 32.9 Å². The number of methoxy groups -OCH3 is 1. The highest BCUT2D eigenvalue weighted by molar-refractivity contribution is 5.77. The van der Waals surface area contributed by atoms with Gasteiger partial charge in [-0.2, -0.15) is 0 Å². The Balaban J connectivity index is 2.64. The first-order valence-corrected chi connectivity index (χ1v) is 6.87. The van der Waals surface area contributed by atoms with Crippen LogP contribution in [-0.4, -0.2) is 24.6 Å². The molecule has 0 amide bonds. The van der Waals surface area contributed by atoms with Gasteiger partial charge in [-0.05, 0) is 38.3 Å². The van der Waals surface area contributed by atoms with Gasteiger partial charge in [-0.25, -0.2) is 4.79 Å². The van der Waals surface area contributed by atoms with Gasteiger partial charge < -0.3 is 15.2 Å². The predicted octanol–water partition coefficient (Wildman–Crippen LogP) is 2.13. The summed E-state index contributed by atoms with van der Waals surface area (Å²) in [6.07, 6.45) is 0.919. The van der Waals surface area contributed by atoms with E-state index in [-0.39, 0.29) is 5.97 Å². The molecule has 1 aromatic carbocycles. The largest absolute Gasteiger partial charge is 0.469 e. The monoisotopic (exact) mass is 293 g/mol. The maximum Gasteiger partial charge on any atom is 0.328 e. The number of hydrogen-bond donors (Lipinski definition) is 1. The molecule has 0 saturated carbocycles. The number of ether oxygens (including phenoxy) is 2. The van der Waals surface area contributed by atoms with Gasteiger partial charge in [0.15, 0.2) is 0 Å². The second-order valence-electron chi connectivity index (χ2n) is 5.83. The summed E-state index contributed by atoms with van der Waals surface area (Å²) in [5.74, 6) is -0.700. The summed E-state index contributed by atoms with van der Waals surface area (Å²) >= 11 is 0. The Hall–Kier alpha value is -1.88. The van der Waals surface area contributed by atoms with Gasteiger partial charge in [0, 0.05) is 6.42 Å². The van der Waals surface area contributed by atoms with Crippen molar-refractivity contribution >= 4 is 11.9 Å². The van der Waals surface area contributed by atoms with Crippen LogP contribution in [0.15, 0.2) is 24.3 Å². The Bertz CT molecular complexity index is 488. The van der Waals surface area contributed by atoms with Crippen LogP contribution in [0.3, 0.4) is 0 Å². The molecular weight excluding hydrogens is 270 g/mol. The summed E-state index contributed by atoms with van der Waals surface area (Å²) in [7, 11) is 1.37. The van der Waals surface area contributed by atoms with Gasteiger partial charge in [0.2, 0.25) is 0 Å². The molecule has 0 aliphatic rings. The van der Waals surface area contributed by atoms with Gasteiger partial charge in [-0.15, -0.1) is 0 Å². The van der Waals surface area contributed by atoms with Crippen LogP contribution in [0.1, 0.15) is 44.4 Å². The van der Waals surface area contributed by atoms with Crippen molar-refractivity contribution in [2.75, 3.05) is 7.11 Å². The van der Waals surface area contributed by atoms with Crippen molar-refractivity contribution in [3.05, 3.63) is 35.4 Å². The van der Waals surface area contributed by atoms with Gasteiger partial charge >= 0.3 is 11.9 Å². The number of rotatable bonds is 5. The molecule has 0 aromatic heterocycles.